The van der Waals surface area contributed by atoms with Crippen molar-refractivity contribution in [1.29, 1.82) is 0 Å². The smallest absolute Gasteiger partial charge is 0.264 e. The average Bonchev–Trinajstić information content (AvgIpc) is 3.10. The van der Waals surface area contributed by atoms with Gasteiger partial charge in [0.1, 0.15) is 5.69 Å². The number of para-hydroxylation sites is 1. The van der Waals surface area contributed by atoms with E-state index >= 15 is 0 Å². The molecule has 182 valence electrons. The maximum atomic E-state index is 13.9. The lowest BCUT2D eigenvalue weighted by Crippen LogP contribution is -2.37. The first kappa shape index (κ1) is 25.6. The molecule has 0 aliphatic heterocycles. The Hall–Kier alpha value is -3.01. The van der Waals surface area contributed by atoms with Gasteiger partial charge in [0.2, 0.25) is 11.8 Å². The summed E-state index contributed by atoms with van der Waals surface area (Å²) in [5.74, 6) is 0.528. The Morgan fingerprint density at radius 1 is 0.912 bits per heavy atom. The fourth-order valence-electron chi connectivity index (χ4n) is 3.97. The van der Waals surface area contributed by atoms with Crippen molar-refractivity contribution in [3.8, 4) is 11.8 Å². The molecule has 0 aliphatic rings. The van der Waals surface area contributed by atoms with Gasteiger partial charge >= 0.3 is 0 Å². The van der Waals surface area contributed by atoms with E-state index in [2.05, 4.69) is 9.55 Å². The molecule has 0 bridgehead atoms. The molecule has 34 heavy (non-hydrogen) atoms. The molecular weight excluding hydrogens is 476 g/mol. The minimum atomic E-state index is -3.92. The summed E-state index contributed by atoms with van der Waals surface area (Å²) in [7, 11) is 4.83. The first-order valence-corrected chi connectivity index (χ1v) is 12.0. The molecule has 0 amide bonds. The van der Waals surface area contributed by atoms with Gasteiger partial charge in [-0.25, -0.2) is 8.42 Å². The fourth-order valence-corrected chi connectivity index (χ4v) is 5.45. The fraction of sp³-hybridized carbons (Fsp3) is 0.292. The number of hydrogen-bond acceptors (Lipinski definition) is 6. The number of methoxy groups -OCH3 is 2. The third-order valence-corrected chi connectivity index (χ3v) is 7.52. The van der Waals surface area contributed by atoms with Gasteiger partial charge in [-0.3, -0.25) is 4.31 Å². The first-order valence-electron chi connectivity index (χ1n) is 10.5. The minimum absolute atomic E-state index is 0. The van der Waals surface area contributed by atoms with Gasteiger partial charge in [-0.05, 0) is 44.4 Å². The lowest BCUT2D eigenvalue weighted by molar-refractivity contribution is 0.364. The summed E-state index contributed by atoms with van der Waals surface area (Å²) in [5, 5.41) is 1.90. The Morgan fingerprint density at radius 3 is 2.29 bits per heavy atom. The van der Waals surface area contributed by atoms with E-state index in [0.29, 0.717) is 18.1 Å². The maximum Gasteiger partial charge on any atom is 0.264 e. The topological polar surface area (TPSA) is 76.9 Å². The van der Waals surface area contributed by atoms with Crippen molar-refractivity contribution >= 4 is 49.9 Å². The SMILES string of the molecule is COc1ccc(N(CCN(C)C)S(=O)(=O)c2ccc3c(c2)c2ccccc2n3C)c(OC)n1.Cl. The Morgan fingerprint density at radius 2 is 1.62 bits per heavy atom. The summed E-state index contributed by atoms with van der Waals surface area (Å²) in [6, 6.07) is 16.5. The van der Waals surface area contributed by atoms with Crippen LogP contribution in [0, 0.1) is 0 Å². The number of likely N-dealkylation sites (N-methyl/N-ethyl adjacent to an activating group) is 1. The predicted molar refractivity (Wildman–Crippen MR) is 138 cm³/mol. The molecule has 2 aromatic heterocycles. The highest BCUT2D eigenvalue weighted by molar-refractivity contribution is 7.92. The van der Waals surface area contributed by atoms with Gasteiger partial charge in [0.25, 0.3) is 10.0 Å². The molecule has 0 spiro atoms. The molecule has 0 atom stereocenters. The molecule has 4 aromatic rings. The van der Waals surface area contributed by atoms with Gasteiger partial charge in [-0.1, -0.05) is 18.2 Å². The quantitative estimate of drug-likeness (QED) is 0.362. The molecule has 10 heteroatoms. The second-order valence-electron chi connectivity index (χ2n) is 8.02. The molecule has 2 heterocycles. The third kappa shape index (κ3) is 4.51. The number of hydrogen-bond donors (Lipinski definition) is 0. The highest BCUT2D eigenvalue weighted by Gasteiger charge is 2.29. The van der Waals surface area contributed by atoms with Crippen LogP contribution < -0.4 is 13.8 Å². The Balaban J connectivity index is 0.00000324. The van der Waals surface area contributed by atoms with Crippen LogP contribution in [-0.2, 0) is 17.1 Å². The van der Waals surface area contributed by atoms with Crippen LogP contribution in [0.2, 0.25) is 0 Å². The Kier molecular flexibility index (Phi) is 7.60. The van der Waals surface area contributed by atoms with Crippen molar-refractivity contribution in [2.45, 2.75) is 4.90 Å². The minimum Gasteiger partial charge on any atom is -0.481 e. The van der Waals surface area contributed by atoms with Gasteiger partial charge in [0.05, 0.1) is 19.1 Å². The van der Waals surface area contributed by atoms with Crippen molar-refractivity contribution < 1.29 is 17.9 Å². The molecule has 8 nitrogen and oxygen atoms in total. The van der Waals surface area contributed by atoms with Crippen LogP contribution in [0.5, 0.6) is 11.8 Å². The van der Waals surface area contributed by atoms with Crippen molar-refractivity contribution in [1.82, 2.24) is 14.5 Å². The van der Waals surface area contributed by atoms with Crippen LogP contribution in [0.1, 0.15) is 0 Å². The maximum absolute atomic E-state index is 13.9. The largest absolute Gasteiger partial charge is 0.481 e. The second kappa shape index (κ2) is 10.1. The van der Waals surface area contributed by atoms with Crippen LogP contribution in [0.25, 0.3) is 21.8 Å². The summed E-state index contributed by atoms with van der Waals surface area (Å²) in [5.41, 5.74) is 2.38. The van der Waals surface area contributed by atoms with E-state index in [1.54, 1.807) is 24.3 Å². The summed E-state index contributed by atoms with van der Waals surface area (Å²) in [4.78, 5) is 6.43. The van der Waals surface area contributed by atoms with E-state index in [1.807, 2.05) is 56.4 Å². The molecule has 0 saturated heterocycles. The van der Waals surface area contributed by atoms with E-state index in [4.69, 9.17) is 9.47 Å². The summed E-state index contributed by atoms with van der Waals surface area (Å²) >= 11 is 0. The number of aryl methyl sites for hydroxylation is 1. The zero-order valence-corrected chi connectivity index (χ0v) is 21.5. The van der Waals surface area contributed by atoms with Crippen molar-refractivity contribution in [2.24, 2.45) is 7.05 Å². The number of nitrogens with zero attached hydrogens (tertiary/aromatic N) is 4. The normalized spacial score (nSPS) is 11.6. The Bertz CT molecular complexity index is 1420. The number of fused-ring (bicyclic) bond motifs is 3. The number of anilines is 1. The van der Waals surface area contributed by atoms with Crippen LogP contribution in [0.3, 0.4) is 0 Å². The van der Waals surface area contributed by atoms with Crippen LogP contribution in [-0.4, -0.2) is 64.3 Å². The molecular formula is C24H29ClN4O4S. The molecule has 0 N–H and O–H groups in total. The molecule has 0 aliphatic carbocycles. The van der Waals surface area contributed by atoms with E-state index < -0.39 is 10.0 Å². The van der Waals surface area contributed by atoms with Crippen molar-refractivity contribution in [2.75, 3.05) is 45.7 Å². The predicted octanol–water partition coefficient (Wildman–Crippen LogP) is 3.92. The highest BCUT2D eigenvalue weighted by Crippen LogP contribution is 2.35. The Labute approximate surface area is 206 Å². The number of aromatic nitrogens is 2. The van der Waals surface area contributed by atoms with E-state index in [1.165, 1.54) is 18.5 Å². The lowest BCUT2D eigenvalue weighted by atomic mass is 10.1. The highest BCUT2D eigenvalue weighted by atomic mass is 35.5. The third-order valence-electron chi connectivity index (χ3n) is 5.71. The molecule has 0 unspecified atom stereocenters. The average molecular weight is 505 g/mol. The van der Waals surface area contributed by atoms with E-state index in [0.717, 1.165) is 21.8 Å². The van der Waals surface area contributed by atoms with Gasteiger partial charge in [0.15, 0.2) is 0 Å². The molecule has 4 rings (SSSR count). The number of benzene rings is 2. The number of pyridine rings is 1. The van der Waals surface area contributed by atoms with Gasteiger partial charge in [0, 0.05) is 48.0 Å². The van der Waals surface area contributed by atoms with Gasteiger partial charge in [-0.15, -0.1) is 12.4 Å². The van der Waals surface area contributed by atoms with Crippen molar-refractivity contribution in [3.63, 3.8) is 0 Å². The van der Waals surface area contributed by atoms with E-state index in [-0.39, 0.29) is 29.7 Å². The number of halogens is 1. The standard InChI is InChI=1S/C24H28N4O4S.ClH/c1-26(2)14-15-28(22-12-13-23(31-4)25-24(22)32-5)33(29,30)17-10-11-21-19(16-17)18-8-6-7-9-20(18)27(21)3;/h6-13,16H,14-15H2,1-5H3;1H. The molecule has 0 saturated carbocycles. The molecule has 0 radical (unpaired) electrons. The lowest BCUT2D eigenvalue weighted by Gasteiger charge is -2.27. The van der Waals surface area contributed by atoms with E-state index in [9.17, 15) is 8.42 Å². The molecule has 0 fully saturated rings. The summed E-state index contributed by atoms with van der Waals surface area (Å²) < 4.78 is 41.9. The number of rotatable bonds is 8. The second-order valence-corrected chi connectivity index (χ2v) is 9.88. The summed E-state index contributed by atoms with van der Waals surface area (Å²) in [6.07, 6.45) is 0. The van der Waals surface area contributed by atoms with Crippen molar-refractivity contribution in [3.05, 3.63) is 54.6 Å². The zero-order chi connectivity index (χ0) is 23.8. The first-order chi connectivity index (χ1) is 15.8. The van der Waals surface area contributed by atoms with Crippen LogP contribution in [0.15, 0.2) is 59.5 Å². The van der Waals surface area contributed by atoms with Gasteiger partial charge in [-0.2, -0.15) is 4.98 Å². The number of ether oxygens (including phenoxy) is 2. The summed E-state index contributed by atoms with van der Waals surface area (Å²) in [6.45, 7) is 0.748. The molecule has 2 aromatic carbocycles. The monoisotopic (exact) mass is 504 g/mol. The van der Waals surface area contributed by atoms with Gasteiger partial charge < -0.3 is 18.9 Å². The van der Waals surface area contributed by atoms with Crippen LogP contribution in [0.4, 0.5) is 5.69 Å². The zero-order valence-electron chi connectivity index (χ0n) is 19.8. The number of sulfonamides is 1. The van der Waals surface area contributed by atoms with Crippen LogP contribution >= 0.6 is 12.4 Å².